The number of amides is 1. The summed E-state index contributed by atoms with van der Waals surface area (Å²) in [5.74, 6) is -0.135. The first-order valence-electron chi connectivity index (χ1n) is 5.02. The van der Waals surface area contributed by atoms with Gasteiger partial charge in [0.1, 0.15) is 6.61 Å². The fraction of sp³-hybridized carbons (Fsp3) is 0.364. The number of benzene rings is 1. The van der Waals surface area contributed by atoms with Gasteiger partial charge in [0.25, 0.3) is 0 Å². The smallest absolute Gasteiger partial charge is 0.246 e. The number of nitrogens with one attached hydrogen (secondary N) is 1. The molecule has 4 nitrogen and oxygen atoms in total. The van der Waals surface area contributed by atoms with Crippen LogP contribution < -0.4 is 11.1 Å². The zero-order valence-electron chi connectivity index (χ0n) is 8.91. The second kappa shape index (κ2) is 7.38. The van der Waals surface area contributed by atoms with Crippen molar-refractivity contribution in [1.82, 2.24) is 5.32 Å². The molecule has 0 spiro atoms. The lowest BCUT2D eigenvalue weighted by Gasteiger charge is -2.07. The molecule has 1 aromatic rings. The first-order chi connectivity index (χ1) is 7.74. The molecule has 0 aliphatic rings. The average Bonchev–Trinajstić information content (AvgIpc) is 2.28. The highest BCUT2D eigenvalue weighted by atomic mass is 79.9. The Balaban J connectivity index is 2.29. The van der Waals surface area contributed by atoms with E-state index in [-0.39, 0.29) is 12.5 Å². The number of hydrogen-bond donors (Lipinski definition) is 2. The van der Waals surface area contributed by atoms with Gasteiger partial charge in [-0.05, 0) is 11.6 Å². The summed E-state index contributed by atoms with van der Waals surface area (Å²) in [5, 5.41) is 2.76. The summed E-state index contributed by atoms with van der Waals surface area (Å²) in [6, 6.07) is 7.74. The Kier molecular flexibility index (Phi) is 6.07. The minimum absolute atomic E-state index is 0.0572. The topological polar surface area (TPSA) is 64.3 Å². The average molecular weight is 287 g/mol. The van der Waals surface area contributed by atoms with E-state index in [2.05, 4.69) is 21.2 Å². The Morgan fingerprint density at radius 3 is 2.88 bits per heavy atom. The number of carbonyl (C=O) groups is 1. The highest BCUT2D eigenvalue weighted by Crippen LogP contribution is 2.15. The molecule has 0 aromatic heterocycles. The third kappa shape index (κ3) is 4.74. The van der Waals surface area contributed by atoms with Crippen molar-refractivity contribution >= 4 is 21.8 Å². The van der Waals surface area contributed by atoms with E-state index in [4.69, 9.17) is 10.5 Å². The number of ether oxygens (including phenoxy) is 1. The Labute approximate surface area is 103 Å². The van der Waals surface area contributed by atoms with E-state index in [1.54, 1.807) is 0 Å². The van der Waals surface area contributed by atoms with Crippen LogP contribution in [0.4, 0.5) is 0 Å². The zero-order valence-corrected chi connectivity index (χ0v) is 10.5. The second-order valence-electron chi connectivity index (χ2n) is 3.21. The maximum absolute atomic E-state index is 11.3. The van der Waals surface area contributed by atoms with Crippen molar-refractivity contribution in [2.24, 2.45) is 5.73 Å². The maximum Gasteiger partial charge on any atom is 0.246 e. The minimum Gasteiger partial charge on any atom is -0.370 e. The lowest BCUT2D eigenvalue weighted by Crippen LogP contribution is -2.28. The van der Waals surface area contributed by atoms with Gasteiger partial charge in [-0.1, -0.05) is 34.1 Å². The van der Waals surface area contributed by atoms with Gasteiger partial charge in [-0.2, -0.15) is 0 Å². The molecular formula is C11H15BrN2O2. The molecule has 16 heavy (non-hydrogen) atoms. The second-order valence-corrected chi connectivity index (χ2v) is 4.06. The standard InChI is InChI=1S/C11H15BrN2O2/c12-10-4-2-1-3-9(10)7-14-11(15)8-16-6-5-13/h1-4H,5-8,13H2,(H,14,15). The summed E-state index contributed by atoms with van der Waals surface area (Å²) in [4.78, 5) is 11.3. The van der Waals surface area contributed by atoms with Crippen LogP contribution in [0.1, 0.15) is 5.56 Å². The Morgan fingerprint density at radius 2 is 2.19 bits per heavy atom. The summed E-state index contributed by atoms with van der Waals surface area (Å²) in [6.45, 7) is 1.38. The normalized spacial score (nSPS) is 10.1. The molecule has 0 aliphatic heterocycles. The number of rotatable bonds is 6. The van der Waals surface area contributed by atoms with E-state index in [0.29, 0.717) is 19.7 Å². The van der Waals surface area contributed by atoms with Crippen molar-refractivity contribution in [1.29, 1.82) is 0 Å². The number of nitrogens with two attached hydrogens (primary N) is 1. The molecule has 0 bridgehead atoms. The quantitative estimate of drug-likeness (QED) is 0.768. The molecule has 1 rings (SSSR count). The molecule has 0 heterocycles. The molecule has 0 radical (unpaired) electrons. The maximum atomic E-state index is 11.3. The molecule has 88 valence electrons. The lowest BCUT2D eigenvalue weighted by atomic mass is 10.2. The van der Waals surface area contributed by atoms with Gasteiger partial charge in [0, 0.05) is 17.6 Å². The van der Waals surface area contributed by atoms with Crippen molar-refractivity contribution in [2.45, 2.75) is 6.54 Å². The largest absolute Gasteiger partial charge is 0.370 e. The third-order valence-electron chi connectivity index (χ3n) is 1.93. The van der Waals surface area contributed by atoms with Crippen LogP contribution in [-0.2, 0) is 16.1 Å². The van der Waals surface area contributed by atoms with Crippen LogP contribution in [0.2, 0.25) is 0 Å². The number of halogens is 1. The molecule has 0 unspecified atom stereocenters. The van der Waals surface area contributed by atoms with Crippen molar-refractivity contribution in [3.05, 3.63) is 34.3 Å². The Hall–Kier alpha value is -0.910. The van der Waals surface area contributed by atoms with Gasteiger partial charge in [0.05, 0.1) is 6.61 Å². The van der Waals surface area contributed by atoms with Crippen molar-refractivity contribution in [3.8, 4) is 0 Å². The van der Waals surface area contributed by atoms with E-state index < -0.39 is 0 Å². The first-order valence-corrected chi connectivity index (χ1v) is 5.81. The Morgan fingerprint density at radius 1 is 1.44 bits per heavy atom. The molecule has 5 heteroatoms. The van der Waals surface area contributed by atoms with Crippen LogP contribution in [0.3, 0.4) is 0 Å². The summed E-state index contributed by atoms with van der Waals surface area (Å²) in [5.41, 5.74) is 6.27. The molecule has 0 fully saturated rings. The van der Waals surface area contributed by atoms with Crippen LogP contribution in [0.5, 0.6) is 0 Å². The fourth-order valence-corrected chi connectivity index (χ4v) is 1.56. The van der Waals surface area contributed by atoms with Crippen molar-refractivity contribution in [3.63, 3.8) is 0 Å². The Bertz CT molecular complexity index is 345. The molecule has 0 saturated carbocycles. The molecule has 3 N–H and O–H groups in total. The highest BCUT2D eigenvalue weighted by Gasteiger charge is 2.02. The monoisotopic (exact) mass is 286 g/mol. The molecule has 1 aromatic carbocycles. The lowest BCUT2D eigenvalue weighted by molar-refractivity contribution is -0.125. The van der Waals surface area contributed by atoms with E-state index in [9.17, 15) is 4.79 Å². The summed E-state index contributed by atoms with van der Waals surface area (Å²) in [7, 11) is 0. The minimum atomic E-state index is -0.135. The van der Waals surface area contributed by atoms with Crippen molar-refractivity contribution < 1.29 is 9.53 Å². The van der Waals surface area contributed by atoms with Gasteiger partial charge in [-0.3, -0.25) is 4.79 Å². The van der Waals surface area contributed by atoms with Gasteiger partial charge >= 0.3 is 0 Å². The third-order valence-corrected chi connectivity index (χ3v) is 2.70. The van der Waals surface area contributed by atoms with Crippen LogP contribution in [-0.4, -0.2) is 25.7 Å². The predicted octanol–water partition coefficient (Wildman–Crippen LogP) is 1.04. The molecular weight excluding hydrogens is 272 g/mol. The van der Waals surface area contributed by atoms with E-state index in [1.165, 1.54) is 0 Å². The van der Waals surface area contributed by atoms with Crippen LogP contribution in [0.15, 0.2) is 28.7 Å². The van der Waals surface area contributed by atoms with E-state index in [0.717, 1.165) is 10.0 Å². The zero-order chi connectivity index (χ0) is 11.8. The van der Waals surface area contributed by atoms with Gasteiger partial charge in [0.2, 0.25) is 5.91 Å². The number of hydrogen-bond acceptors (Lipinski definition) is 3. The van der Waals surface area contributed by atoms with Crippen LogP contribution in [0, 0.1) is 0 Å². The molecule has 1 amide bonds. The van der Waals surface area contributed by atoms with Crippen LogP contribution >= 0.6 is 15.9 Å². The van der Waals surface area contributed by atoms with Gasteiger partial charge in [0.15, 0.2) is 0 Å². The summed E-state index contributed by atoms with van der Waals surface area (Å²) < 4.78 is 6.00. The summed E-state index contributed by atoms with van der Waals surface area (Å²) >= 11 is 3.41. The van der Waals surface area contributed by atoms with Gasteiger partial charge in [-0.15, -0.1) is 0 Å². The van der Waals surface area contributed by atoms with E-state index >= 15 is 0 Å². The van der Waals surface area contributed by atoms with Crippen molar-refractivity contribution in [2.75, 3.05) is 19.8 Å². The van der Waals surface area contributed by atoms with E-state index in [1.807, 2.05) is 24.3 Å². The number of carbonyl (C=O) groups excluding carboxylic acids is 1. The molecule has 0 atom stereocenters. The summed E-state index contributed by atoms with van der Waals surface area (Å²) in [6.07, 6.45) is 0. The SMILES string of the molecule is NCCOCC(=O)NCc1ccccc1Br. The first kappa shape index (κ1) is 13.2. The van der Waals surface area contributed by atoms with Gasteiger partial charge < -0.3 is 15.8 Å². The molecule has 0 saturated heterocycles. The van der Waals surface area contributed by atoms with Crippen LogP contribution in [0.25, 0.3) is 0 Å². The van der Waals surface area contributed by atoms with Gasteiger partial charge in [-0.25, -0.2) is 0 Å². The predicted molar refractivity (Wildman–Crippen MR) is 65.9 cm³/mol. The molecule has 0 aliphatic carbocycles. The highest BCUT2D eigenvalue weighted by molar-refractivity contribution is 9.10. The fourth-order valence-electron chi connectivity index (χ4n) is 1.13.